The van der Waals surface area contributed by atoms with Gasteiger partial charge < -0.3 is 24.8 Å². The number of thiocarbonyl (C=S) groups is 1. The zero-order chi connectivity index (χ0) is 19.9. The van der Waals surface area contributed by atoms with Gasteiger partial charge in [0.15, 0.2) is 5.11 Å². The molecule has 9 heteroatoms. The summed E-state index contributed by atoms with van der Waals surface area (Å²) in [7, 11) is 0. The van der Waals surface area contributed by atoms with E-state index in [0.717, 1.165) is 0 Å². The van der Waals surface area contributed by atoms with Crippen molar-refractivity contribution < 1.29 is 27.4 Å². The van der Waals surface area contributed by atoms with E-state index < -0.39 is 6.36 Å². The predicted molar refractivity (Wildman–Crippen MR) is 102 cm³/mol. The highest BCUT2D eigenvalue weighted by Gasteiger charge is 2.31. The van der Waals surface area contributed by atoms with Crippen LogP contribution in [0.25, 0.3) is 0 Å². The van der Waals surface area contributed by atoms with Crippen LogP contribution in [0.2, 0.25) is 0 Å². The lowest BCUT2D eigenvalue weighted by Gasteiger charge is -2.16. The third kappa shape index (κ3) is 6.86. The number of ether oxygens (including phenoxy) is 3. The lowest BCUT2D eigenvalue weighted by atomic mass is 10.2. The molecule has 2 aromatic rings. The molecule has 0 radical (unpaired) electrons. The van der Waals surface area contributed by atoms with E-state index in [1.807, 2.05) is 13.8 Å². The van der Waals surface area contributed by atoms with E-state index in [0.29, 0.717) is 36.1 Å². The fourth-order valence-electron chi connectivity index (χ4n) is 2.20. The third-order valence-electron chi connectivity index (χ3n) is 3.14. The van der Waals surface area contributed by atoms with Crippen molar-refractivity contribution in [1.29, 1.82) is 0 Å². The quantitative estimate of drug-likeness (QED) is 0.624. The largest absolute Gasteiger partial charge is 0.573 e. The van der Waals surface area contributed by atoms with Crippen LogP contribution in [-0.4, -0.2) is 24.7 Å². The van der Waals surface area contributed by atoms with Crippen LogP contribution in [-0.2, 0) is 0 Å². The molecule has 0 bridgehead atoms. The number of nitrogens with one attached hydrogen (secondary N) is 2. The van der Waals surface area contributed by atoms with Crippen molar-refractivity contribution >= 4 is 28.7 Å². The molecule has 0 saturated carbocycles. The van der Waals surface area contributed by atoms with Gasteiger partial charge in [-0.1, -0.05) is 6.07 Å². The van der Waals surface area contributed by atoms with Gasteiger partial charge in [0.2, 0.25) is 0 Å². The minimum Gasteiger partial charge on any atom is -0.494 e. The lowest BCUT2D eigenvalue weighted by molar-refractivity contribution is -0.274. The average molecular weight is 400 g/mol. The molecule has 2 N–H and O–H groups in total. The Morgan fingerprint density at radius 1 is 0.963 bits per heavy atom. The summed E-state index contributed by atoms with van der Waals surface area (Å²) >= 11 is 5.24. The molecule has 5 nitrogen and oxygen atoms in total. The van der Waals surface area contributed by atoms with Gasteiger partial charge in [-0.2, -0.15) is 0 Å². The number of halogens is 3. The van der Waals surface area contributed by atoms with Crippen LogP contribution >= 0.6 is 12.2 Å². The zero-order valence-corrected chi connectivity index (χ0v) is 15.5. The predicted octanol–water partition coefficient (Wildman–Crippen LogP) is 5.19. The highest BCUT2D eigenvalue weighted by Crippen LogP contribution is 2.30. The van der Waals surface area contributed by atoms with Gasteiger partial charge in [0.25, 0.3) is 0 Å². The van der Waals surface area contributed by atoms with Gasteiger partial charge in [0.05, 0.1) is 18.9 Å². The van der Waals surface area contributed by atoms with Crippen molar-refractivity contribution in [3.63, 3.8) is 0 Å². The summed E-state index contributed by atoms with van der Waals surface area (Å²) in [5, 5.41) is 5.95. The summed E-state index contributed by atoms with van der Waals surface area (Å²) < 4.78 is 51.9. The maximum Gasteiger partial charge on any atom is 0.573 e. The van der Waals surface area contributed by atoms with Gasteiger partial charge in [-0.25, -0.2) is 0 Å². The third-order valence-corrected chi connectivity index (χ3v) is 3.34. The molecule has 0 saturated heterocycles. The topological polar surface area (TPSA) is 51.8 Å². The second kappa shape index (κ2) is 9.31. The van der Waals surface area contributed by atoms with Crippen LogP contribution in [0.4, 0.5) is 24.5 Å². The van der Waals surface area contributed by atoms with Crippen molar-refractivity contribution in [2.24, 2.45) is 0 Å². The zero-order valence-electron chi connectivity index (χ0n) is 14.7. The van der Waals surface area contributed by atoms with Crippen molar-refractivity contribution in [3.8, 4) is 17.2 Å². The molecule has 0 amide bonds. The van der Waals surface area contributed by atoms with Crippen LogP contribution in [0.15, 0.2) is 42.5 Å². The molecule has 27 heavy (non-hydrogen) atoms. The molecule has 0 atom stereocenters. The normalized spacial score (nSPS) is 10.9. The molecule has 146 valence electrons. The van der Waals surface area contributed by atoms with E-state index in [2.05, 4.69) is 15.4 Å². The van der Waals surface area contributed by atoms with Gasteiger partial charge in [-0.15, -0.1) is 13.2 Å². The molecule has 2 rings (SSSR count). The lowest BCUT2D eigenvalue weighted by Crippen LogP contribution is -2.20. The Kier molecular flexibility index (Phi) is 7.12. The molecule has 0 heterocycles. The molecule has 0 aromatic heterocycles. The van der Waals surface area contributed by atoms with Gasteiger partial charge in [-0.05, 0) is 50.3 Å². The Morgan fingerprint density at radius 3 is 2.37 bits per heavy atom. The molecule has 0 unspecified atom stereocenters. The van der Waals surface area contributed by atoms with Crippen molar-refractivity contribution in [2.45, 2.75) is 20.2 Å². The number of anilines is 2. The second-order valence-electron chi connectivity index (χ2n) is 5.18. The fourth-order valence-corrected chi connectivity index (χ4v) is 2.43. The van der Waals surface area contributed by atoms with Crippen LogP contribution in [0.5, 0.6) is 17.2 Å². The summed E-state index contributed by atoms with van der Waals surface area (Å²) in [6, 6.07) is 10.6. The fraction of sp³-hybridized carbons (Fsp3) is 0.278. The maximum absolute atomic E-state index is 12.3. The number of benzene rings is 2. The molecular weight excluding hydrogens is 381 g/mol. The summed E-state index contributed by atoms with van der Waals surface area (Å²) in [6.07, 6.45) is -4.76. The molecule has 0 fully saturated rings. The number of hydrogen-bond acceptors (Lipinski definition) is 4. The van der Waals surface area contributed by atoms with E-state index >= 15 is 0 Å². The molecular formula is C18H19F3N2O3S. The molecule has 0 aliphatic rings. The highest BCUT2D eigenvalue weighted by atomic mass is 32.1. The summed E-state index contributed by atoms with van der Waals surface area (Å²) in [6.45, 7) is 4.68. The van der Waals surface area contributed by atoms with Crippen molar-refractivity contribution in [3.05, 3.63) is 42.5 Å². The number of alkyl halides is 3. The molecule has 0 spiro atoms. The Hall–Kier alpha value is -2.68. The first-order valence-electron chi connectivity index (χ1n) is 8.14. The minimum absolute atomic E-state index is 0.175. The van der Waals surface area contributed by atoms with Crippen LogP contribution in [0, 0.1) is 0 Å². The monoisotopic (exact) mass is 400 g/mol. The van der Waals surface area contributed by atoms with E-state index in [-0.39, 0.29) is 10.9 Å². The standard InChI is InChI=1S/C18H19F3N2O3S/c1-3-24-13-8-9-16(25-4-2)15(11-13)23-17(27)22-12-6-5-7-14(10-12)26-18(19,20)21/h5-11H,3-4H2,1-2H3,(H2,22,23,27). The van der Waals surface area contributed by atoms with E-state index in [9.17, 15) is 13.2 Å². The van der Waals surface area contributed by atoms with Gasteiger partial charge >= 0.3 is 6.36 Å². The van der Waals surface area contributed by atoms with Crippen molar-refractivity contribution in [2.75, 3.05) is 23.8 Å². The van der Waals surface area contributed by atoms with Gasteiger partial charge in [0.1, 0.15) is 17.2 Å². The summed E-state index contributed by atoms with van der Waals surface area (Å²) in [4.78, 5) is 0. The Labute approximate surface area is 160 Å². The van der Waals surface area contributed by atoms with E-state index in [4.69, 9.17) is 21.7 Å². The summed E-state index contributed by atoms with van der Waals surface area (Å²) in [5.41, 5.74) is 0.913. The van der Waals surface area contributed by atoms with Crippen LogP contribution < -0.4 is 24.8 Å². The summed E-state index contributed by atoms with van der Waals surface area (Å²) in [5.74, 6) is 0.856. The SMILES string of the molecule is CCOc1ccc(OCC)c(NC(=S)Nc2cccc(OC(F)(F)F)c2)c1. The van der Waals surface area contributed by atoms with E-state index in [1.165, 1.54) is 18.2 Å². The molecule has 0 aliphatic heterocycles. The Balaban J connectivity index is 2.11. The first-order chi connectivity index (χ1) is 12.8. The van der Waals surface area contributed by atoms with Crippen LogP contribution in [0.1, 0.15) is 13.8 Å². The Morgan fingerprint density at radius 2 is 1.70 bits per heavy atom. The number of hydrogen-bond donors (Lipinski definition) is 2. The van der Waals surface area contributed by atoms with Crippen molar-refractivity contribution in [1.82, 2.24) is 0 Å². The Bertz CT molecular complexity index is 785. The first kappa shape index (κ1) is 20.6. The number of rotatable bonds is 7. The second-order valence-corrected chi connectivity index (χ2v) is 5.59. The van der Waals surface area contributed by atoms with Crippen LogP contribution in [0.3, 0.4) is 0 Å². The maximum atomic E-state index is 12.3. The average Bonchev–Trinajstić information content (AvgIpc) is 2.56. The van der Waals surface area contributed by atoms with Gasteiger partial charge in [-0.3, -0.25) is 0 Å². The van der Waals surface area contributed by atoms with E-state index in [1.54, 1.807) is 24.3 Å². The highest BCUT2D eigenvalue weighted by molar-refractivity contribution is 7.80. The smallest absolute Gasteiger partial charge is 0.494 e. The molecule has 0 aliphatic carbocycles. The minimum atomic E-state index is -4.76. The van der Waals surface area contributed by atoms with Gasteiger partial charge in [0, 0.05) is 17.8 Å². The molecule has 2 aromatic carbocycles. The first-order valence-corrected chi connectivity index (χ1v) is 8.55.